The monoisotopic (exact) mass is 182 g/mol. The Morgan fingerprint density at radius 3 is 2.54 bits per heavy atom. The molecule has 0 aliphatic heterocycles. The highest BCUT2D eigenvalue weighted by Crippen LogP contribution is 2.27. The highest BCUT2D eigenvalue weighted by molar-refractivity contribution is 5.64. The van der Waals surface area contributed by atoms with Gasteiger partial charge in [-0.3, -0.25) is 0 Å². The zero-order valence-electron chi connectivity index (χ0n) is 7.49. The molecule has 72 valence electrons. The SMILES string of the molecule is N#C[C@H]1CC[C@H](CNC(=O)O)CC1. The number of rotatable bonds is 2. The van der Waals surface area contributed by atoms with Crippen molar-refractivity contribution in [1.82, 2.24) is 5.32 Å². The fourth-order valence-electron chi connectivity index (χ4n) is 1.73. The lowest BCUT2D eigenvalue weighted by atomic mass is 9.83. The molecule has 13 heavy (non-hydrogen) atoms. The molecule has 0 bridgehead atoms. The standard InChI is InChI=1S/C9H14N2O2/c10-5-7-1-3-8(4-2-7)6-11-9(12)13/h7-8,11H,1-4,6H2,(H,12,13)/t7-,8-. The Labute approximate surface area is 77.6 Å². The van der Waals surface area contributed by atoms with E-state index < -0.39 is 6.09 Å². The average molecular weight is 182 g/mol. The van der Waals surface area contributed by atoms with E-state index in [-0.39, 0.29) is 5.92 Å². The number of carbonyl (C=O) groups is 1. The minimum atomic E-state index is -0.956. The molecule has 0 atom stereocenters. The van der Waals surface area contributed by atoms with Gasteiger partial charge in [-0.2, -0.15) is 5.26 Å². The van der Waals surface area contributed by atoms with E-state index in [0.29, 0.717) is 12.5 Å². The summed E-state index contributed by atoms with van der Waals surface area (Å²) >= 11 is 0. The van der Waals surface area contributed by atoms with Crippen molar-refractivity contribution in [2.75, 3.05) is 6.54 Å². The first-order valence-corrected chi connectivity index (χ1v) is 4.58. The highest BCUT2D eigenvalue weighted by atomic mass is 16.4. The maximum absolute atomic E-state index is 10.2. The van der Waals surface area contributed by atoms with E-state index in [9.17, 15) is 4.79 Å². The predicted octanol–water partition coefficient (Wildman–Crippen LogP) is 1.58. The second kappa shape index (κ2) is 4.70. The van der Waals surface area contributed by atoms with Gasteiger partial charge in [0.1, 0.15) is 0 Å². The Bertz CT molecular complexity index is 214. The molecule has 0 aromatic carbocycles. The Morgan fingerprint density at radius 2 is 2.08 bits per heavy atom. The second-order valence-corrected chi connectivity index (χ2v) is 3.53. The van der Waals surface area contributed by atoms with Crippen molar-refractivity contribution in [2.45, 2.75) is 25.7 Å². The number of amides is 1. The van der Waals surface area contributed by atoms with Crippen LogP contribution in [0.15, 0.2) is 0 Å². The Balaban J connectivity index is 2.18. The van der Waals surface area contributed by atoms with Crippen molar-refractivity contribution in [1.29, 1.82) is 5.26 Å². The minimum Gasteiger partial charge on any atom is -0.465 e. The molecule has 0 spiro atoms. The van der Waals surface area contributed by atoms with E-state index >= 15 is 0 Å². The first-order valence-electron chi connectivity index (χ1n) is 4.58. The van der Waals surface area contributed by atoms with E-state index in [0.717, 1.165) is 25.7 Å². The highest BCUT2D eigenvalue weighted by Gasteiger charge is 2.20. The lowest BCUT2D eigenvalue weighted by molar-refractivity contribution is 0.189. The zero-order chi connectivity index (χ0) is 9.68. The molecule has 0 unspecified atom stereocenters. The molecular formula is C9H14N2O2. The van der Waals surface area contributed by atoms with Crippen LogP contribution < -0.4 is 5.32 Å². The fraction of sp³-hybridized carbons (Fsp3) is 0.778. The van der Waals surface area contributed by atoms with Gasteiger partial charge in [-0.25, -0.2) is 4.79 Å². The summed E-state index contributed by atoms with van der Waals surface area (Å²) in [5.74, 6) is 0.627. The molecule has 2 N–H and O–H groups in total. The average Bonchev–Trinajstić information content (AvgIpc) is 2.15. The topological polar surface area (TPSA) is 73.1 Å². The number of carboxylic acid groups (broad SMARTS) is 1. The lowest BCUT2D eigenvalue weighted by Gasteiger charge is -2.24. The fourth-order valence-corrected chi connectivity index (χ4v) is 1.73. The van der Waals surface area contributed by atoms with E-state index in [1.807, 2.05) is 0 Å². The molecule has 1 saturated carbocycles. The molecule has 1 aliphatic carbocycles. The molecule has 0 heterocycles. The molecule has 4 nitrogen and oxygen atoms in total. The summed E-state index contributed by atoms with van der Waals surface area (Å²) in [6, 6.07) is 2.25. The summed E-state index contributed by atoms with van der Waals surface area (Å²) in [4.78, 5) is 10.2. The maximum Gasteiger partial charge on any atom is 0.404 e. The van der Waals surface area contributed by atoms with Crippen LogP contribution in [0.3, 0.4) is 0 Å². The quantitative estimate of drug-likeness (QED) is 0.681. The number of hydrogen-bond acceptors (Lipinski definition) is 2. The van der Waals surface area contributed by atoms with Gasteiger partial charge in [-0.05, 0) is 31.6 Å². The van der Waals surface area contributed by atoms with Crippen molar-refractivity contribution in [3.05, 3.63) is 0 Å². The smallest absolute Gasteiger partial charge is 0.404 e. The van der Waals surface area contributed by atoms with Gasteiger partial charge in [-0.1, -0.05) is 0 Å². The van der Waals surface area contributed by atoms with E-state index in [2.05, 4.69) is 11.4 Å². The first kappa shape index (κ1) is 9.85. The van der Waals surface area contributed by atoms with Crippen molar-refractivity contribution in [2.24, 2.45) is 11.8 Å². The molecule has 0 radical (unpaired) electrons. The van der Waals surface area contributed by atoms with Crippen molar-refractivity contribution < 1.29 is 9.90 Å². The van der Waals surface area contributed by atoms with Gasteiger partial charge in [0.15, 0.2) is 0 Å². The van der Waals surface area contributed by atoms with Crippen LogP contribution in [0, 0.1) is 23.2 Å². The van der Waals surface area contributed by atoms with Crippen molar-refractivity contribution in [3.8, 4) is 6.07 Å². The van der Waals surface area contributed by atoms with Crippen LogP contribution in [0.25, 0.3) is 0 Å². The van der Waals surface area contributed by atoms with Crippen molar-refractivity contribution in [3.63, 3.8) is 0 Å². The third-order valence-electron chi connectivity index (χ3n) is 2.57. The van der Waals surface area contributed by atoms with E-state index in [1.54, 1.807) is 0 Å². The zero-order valence-corrected chi connectivity index (χ0v) is 7.49. The largest absolute Gasteiger partial charge is 0.465 e. The summed E-state index contributed by atoms with van der Waals surface area (Å²) in [5.41, 5.74) is 0. The molecule has 0 aromatic heterocycles. The summed E-state index contributed by atoms with van der Waals surface area (Å²) in [5, 5.41) is 19.4. The summed E-state index contributed by atoms with van der Waals surface area (Å²) in [6.45, 7) is 0.535. The molecule has 4 heteroatoms. The first-order chi connectivity index (χ1) is 6.22. The summed E-state index contributed by atoms with van der Waals surface area (Å²) in [6.07, 6.45) is 2.82. The molecular weight excluding hydrogens is 168 g/mol. The summed E-state index contributed by atoms with van der Waals surface area (Å²) in [7, 11) is 0. The van der Waals surface area contributed by atoms with Gasteiger partial charge in [-0.15, -0.1) is 0 Å². The number of nitriles is 1. The van der Waals surface area contributed by atoms with Gasteiger partial charge in [0.2, 0.25) is 0 Å². The van der Waals surface area contributed by atoms with Crippen LogP contribution in [0.2, 0.25) is 0 Å². The van der Waals surface area contributed by atoms with Crippen LogP contribution in [0.5, 0.6) is 0 Å². The normalized spacial score (nSPS) is 27.6. The Morgan fingerprint density at radius 1 is 1.46 bits per heavy atom. The molecule has 1 rings (SSSR count). The van der Waals surface area contributed by atoms with Gasteiger partial charge in [0.25, 0.3) is 0 Å². The Hall–Kier alpha value is -1.24. The van der Waals surface area contributed by atoms with Gasteiger partial charge >= 0.3 is 6.09 Å². The van der Waals surface area contributed by atoms with Crippen LogP contribution in [-0.2, 0) is 0 Å². The minimum absolute atomic E-state index is 0.195. The lowest BCUT2D eigenvalue weighted by Crippen LogP contribution is -2.29. The Kier molecular flexibility index (Phi) is 3.56. The van der Waals surface area contributed by atoms with Gasteiger partial charge < -0.3 is 10.4 Å². The van der Waals surface area contributed by atoms with Gasteiger partial charge in [0.05, 0.1) is 6.07 Å². The molecule has 0 aromatic rings. The number of hydrogen-bond donors (Lipinski definition) is 2. The predicted molar refractivity (Wildman–Crippen MR) is 47.1 cm³/mol. The third-order valence-corrected chi connectivity index (χ3v) is 2.57. The van der Waals surface area contributed by atoms with Crippen LogP contribution in [-0.4, -0.2) is 17.7 Å². The third kappa shape index (κ3) is 3.32. The van der Waals surface area contributed by atoms with Gasteiger partial charge in [0, 0.05) is 12.5 Å². The van der Waals surface area contributed by atoms with E-state index in [1.165, 1.54) is 0 Å². The van der Waals surface area contributed by atoms with Crippen LogP contribution in [0.1, 0.15) is 25.7 Å². The van der Waals surface area contributed by atoms with Crippen molar-refractivity contribution >= 4 is 6.09 Å². The van der Waals surface area contributed by atoms with Crippen LogP contribution >= 0.6 is 0 Å². The molecule has 1 amide bonds. The van der Waals surface area contributed by atoms with E-state index in [4.69, 9.17) is 10.4 Å². The second-order valence-electron chi connectivity index (χ2n) is 3.53. The number of nitrogens with zero attached hydrogens (tertiary/aromatic N) is 1. The molecule has 1 fully saturated rings. The maximum atomic E-state index is 10.2. The summed E-state index contributed by atoms with van der Waals surface area (Å²) < 4.78 is 0. The number of nitrogens with one attached hydrogen (secondary N) is 1. The van der Waals surface area contributed by atoms with Crippen LogP contribution in [0.4, 0.5) is 4.79 Å². The molecule has 1 aliphatic rings. The molecule has 0 saturated heterocycles.